The van der Waals surface area contributed by atoms with Gasteiger partial charge in [-0.05, 0) is 37.3 Å². The summed E-state index contributed by atoms with van der Waals surface area (Å²) in [5, 5.41) is 10.3. The molecule has 1 aliphatic rings. The van der Waals surface area contributed by atoms with E-state index in [4.69, 9.17) is 4.74 Å². The summed E-state index contributed by atoms with van der Waals surface area (Å²) >= 11 is 3.37. The van der Waals surface area contributed by atoms with E-state index in [0.29, 0.717) is 17.7 Å². The van der Waals surface area contributed by atoms with Gasteiger partial charge in [-0.15, -0.1) is 0 Å². The molecule has 2 aromatic carbocycles. The molecule has 4 heteroatoms. The molecule has 2 aromatic rings. The zero-order valence-corrected chi connectivity index (χ0v) is 12.5. The number of fused-ring (bicyclic) bond motifs is 1. The predicted molar refractivity (Wildman–Crippen MR) is 78.2 cm³/mol. The van der Waals surface area contributed by atoms with Crippen LogP contribution >= 0.6 is 15.9 Å². The van der Waals surface area contributed by atoms with Crippen molar-refractivity contribution >= 4 is 15.9 Å². The largest absolute Gasteiger partial charge is 0.485 e. The maximum atomic E-state index is 14.0. The molecule has 2 atom stereocenters. The summed E-state index contributed by atoms with van der Waals surface area (Å²) < 4.78 is 20.7. The highest BCUT2D eigenvalue weighted by Gasteiger charge is 2.29. The quantitative estimate of drug-likeness (QED) is 0.833. The molecule has 20 heavy (non-hydrogen) atoms. The summed E-state index contributed by atoms with van der Waals surface area (Å²) in [5.41, 5.74) is 2.21. The minimum atomic E-state index is -0.652. The molecular weight excluding hydrogens is 323 g/mol. The Morgan fingerprint density at radius 1 is 1.20 bits per heavy atom. The Morgan fingerprint density at radius 3 is 2.80 bits per heavy atom. The maximum absolute atomic E-state index is 14.0. The Hall–Kier alpha value is -1.39. The fourth-order valence-electron chi connectivity index (χ4n) is 2.52. The lowest BCUT2D eigenvalue weighted by Crippen LogP contribution is -2.20. The molecular formula is C16H14BrFO2. The van der Waals surface area contributed by atoms with E-state index >= 15 is 0 Å². The molecule has 3 rings (SSSR count). The molecule has 0 aliphatic carbocycles. The van der Waals surface area contributed by atoms with E-state index in [0.717, 1.165) is 15.6 Å². The van der Waals surface area contributed by atoms with Crippen LogP contribution in [0.15, 0.2) is 40.9 Å². The van der Waals surface area contributed by atoms with Crippen molar-refractivity contribution in [3.8, 4) is 5.75 Å². The summed E-state index contributed by atoms with van der Waals surface area (Å²) in [6.45, 7) is 1.91. The van der Waals surface area contributed by atoms with Crippen LogP contribution in [-0.4, -0.2) is 5.11 Å². The third-order valence-electron chi connectivity index (χ3n) is 3.54. The summed E-state index contributed by atoms with van der Waals surface area (Å²) in [7, 11) is 0. The lowest BCUT2D eigenvalue weighted by molar-refractivity contribution is 0.0639. The third kappa shape index (κ3) is 2.45. The SMILES string of the molecule is Cc1ccc(F)c(C2CC(O)c3cc(Br)ccc3O2)c1. The molecule has 0 saturated carbocycles. The number of hydrogen-bond acceptors (Lipinski definition) is 2. The van der Waals surface area contributed by atoms with Gasteiger partial charge in [-0.25, -0.2) is 4.39 Å². The number of rotatable bonds is 1. The summed E-state index contributed by atoms with van der Waals surface area (Å²) in [4.78, 5) is 0. The van der Waals surface area contributed by atoms with Gasteiger partial charge in [0.15, 0.2) is 0 Å². The van der Waals surface area contributed by atoms with Crippen molar-refractivity contribution in [2.24, 2.45) is 0 Å². The van der Waals surface area contributed by atoms with Gasteiger partial charge in [0.25, 0.3) is 0 Å². The van der Waals surface area contributed by atoms with E-state index in [-0.39, 0.29) is 5.82 Å². The lowest BCUT2D eigenvalue weighted by Gasteiger charge is -2.30. The van der Waals surface area contributed by atoms with Gasteiger partial charge in [0, 0.05) is 22.0 Å². The van der Waals surface area contributed by atoms with Crippen LogP contribution < -0.4 is 4.74 Å². The number of benzene rings is 2. The summed E-state index contributed by atoms with van der Waals surface area (Å²) in [6.07, 6.45) is -0.760. The molecule has 0 fully saturated rings. The number of aliphatic hydroxyl groups is 1. The van der Waals surface area contributed by atoms with E-state index in [9.17, 15) is 9.50 Å². The zero-order valence-electron chi connectivity index (χ0n) is 10.9. The fourth-order valence-corrected chi connectivity index (χ4v) is 2.90. The molecule has 2 nitrogen and oxygen atoms in total. The van der Waals surface area contributed by atoms with Crippen LogP contribution in [0.2, 0.25) is 0 Å². The highest BCUT2D eigenvalue weighted by molar-refractivity contribution is 9.10. The Labute approximate surface area is 125 Å². The van der Waals surface area contributed by atoms with E-state index < -0.39 is 12.2 Å². The number of ether oxygens (including phenoxy) is 1. The van der Waals surface area contributed by atoms with Gasteiger partial charge < -0.3 is 9.84 Å². The smallest absolute Gasteiger partial charge is 0.130 e. The second-order valence-corrected chi connectivity index (χ2v) is 5.98. The Kier molecular flexibility index (Phi) is 3.52. The van der Waals surface area contributed by atoms with E-state index in [2.05, 4.69) is 15.9 Å². The topological polar surface area (TPSA) is 29.5 Å². The van der Waals surface area contributed by atoms with Crippen molar-refractivity contribution in [3.05, 3.63) is 63.4 Å². The maximum Gasteiger partial charge on any atom is 0.130 e. The lowest BCUT2D eigenvalue weighted by atomic mass is 9.94. The molecule has 0 radical (unpaired) electrons. The molecule has 0 bridgehead atoms. The first-order valence-corrected chi connectivity index (χ1v) is 7.24. The standard InChI is InChI=1S/C16H14BrFO2/c1-9-2-4-13(18)11(6-9)16-8-14(19)12-7-10(17)3-5-15(12)20-16/h2-7,14,16,19H,8H2,1H3. The fraction of sp³-hybridized carbons (Fsp3) is 0.250. The van der Waals surface area contributed by atoms with Crippen LogP contribution in [0.3, 0.4) is 0 Å². The van der Waals surface area contributed by atoms with Crippen LogP contribution in [0, 0.1) is 12.7 Å². The van der Waals surface area contributed by atoms with Crippen molar-refractivity contribution in [2.75, 3.05) is 0 Å². The minimum Gasteiger partial charge on any atom is -0.485 e. The van der Waals surface area contributed by atoms with Crippen molar-refractivity contribution < 1.29 is 14.2 Å². The van der Waals surface area contributed by atoms with Crippen molar-refractivity contribution in [1.29, 1.82) is 0 Å². The van der Waals surface area contributed by atoms with Gasteiger partial charge in [0.05, 0.1) is 6.10 Å². The molecule has 1 aliphatic heterocycles. The third-order valence-corrected chi connectivity index (χ3v) is 4.03. The molecule has 1 heterocycles. The highest BCUT2D eigenvalue weighted by Crippen LogP contribution is 2.42. The molecule has 1 N–H and O–H groups in total. The second kappa shape index (κ2) is 5.19. The van der Waals surface area contributed by atoms with E-state index in [1.807, 2.05) is 19.1 Å². The first-order chi connectivity index (χ1) is 9.54. The molecule has 0 amide bonds. The van der Waals surface area contributed by atoms with Gasteiger partial charge >= 0.3 is 0 Å². The Bertz CT molecular complexity index is 657. The zero-order chi connectivity index (χ0) is 14.3. The average molecular weight is 337 g/mol. The molecule has 104 valence electrons. The van der Waals surface area contributed by atoms with Gasteiger partial charge in [-0.1, -0.05) is 27.6 Å². The Morgan fingerprint density at radius 2 is 2.00 bits per heavy atom. The normalized spacial score (nSPS) is 21.2. The predicted octanol–water partition coefficient (Wildman–Crippen LogP) is 4.45. The van der Waals surface area contributed by atoms with Gasteiger partial charge in [-0.3, -0.25) is 0 Å². The molecule has 0 spiro atoms. The van der Waals surface area contributed by atoms with Crippen molar-refractivity contribution in [1.82, 2.24) is 0 Å². The van der Waals surface area contributed by atoms with Gasteiger partial charge in [-0.2, -0.15) is 0 Å². The second-order valence-electron chi connectivity index (χ2n) is 5.07. The minimum absolute atomic E-state index is 0.298. The number of aryl methyl sites for hydroxylation is 1. The van der Waals surface area contributed by atoms with Gasteiger partial charge in [0.2, 0.25) is 0 Å². The molecule has 2 unspecified atom stereocenters. The van der Waals surface area contributed by atoms with E-state index in [1.54, 1.807) is 18.2 Å². The molecule has 0 saturated heterocycles. The highest BCUT2D eigenvalue weighted by atomic mass is 79.9. The first-order valence-electron chi connectivity index (χ1n) is 6.45. The summed E-state index contributed by atoms with van der Waals surface area (Å²) in [5.74, 6) is 0.311. The number of halogens is 2. The van der Waals surface area contributed by atoms with Gasteiger partial charge in [0.1, 0.15) is 17.7 Å². The summed E-state index contributed by atoms with van der Waals surface area (Å²) in [6, 6.07) is 10.4. The average Bonchev–Trinajstić information content (AvgIpc) is 2.42. The first kappa shape index (κ1) is 13.6. The number of hydrogen-bond donors (Lipinski definition) is 1. The Balaban J connectivity index is 1.99. The van der Waals surface area contributed by atoms with Crippen molar-refractivity contribution in [2.45, 2.75) is 25.6 Å². The molecule has 0 aromatic heterocycles. The monoisotopic (exact) mass is 336 g/mol. The van der Waals surface area contributed by atoms with E-state index in [1.165, 1.54) is 6.07 Å². The van der Waals surface area contributed by atoms with Crippen LogP contribution in [0.5, 0.6) is 5.75 Å². The van der Waals surface area contributed by atoms with Crippen LogP contribution in [-0.2, 0) is 0 Å². The van der Waals surface area contributed by atoms with Crippen LogP contribution in [0.1, 0.15) is 35.3 Å². The van der Waals surface area contributed by atoms with Crippen LogP contribution in [0.4, 0.5) is 4.39 Å². The van der Waals surface area contributed by atoms with Crippen LogP contribution in [0.25, 0.3) is 0 Å². The van der Waals surface area contributed by atoms with Crippen molar-refractivity contribution in [3.63, 3.8) is 0 Å². The number of aliphatic hydroxyl groups excluding tert-OH is 1.